The van der Waals surface area contributed by atoms with Crippen molar-refractivity contribution < 1.29 is 0 Å². The van der Waals surface area contributed by atoms with E-state index >= 15 is 0 Å². The summed E-state index contributed by atoms with van der Waals surface area (Å²) in [6.45, 7) is 10.2. The van der Waals surface area contributed by atoms with Gasteiger partial charge in [0.1, 0.15) is 5.82 Å². The van der Waals surface area contributed by atoms with E-state index in [0.29, 0.717) is 18.8 Å². The van der Waals surface area contributed by atoms with Crippen LogP contribution in [0.4, 0.5) is 5.82 Å². The maximum Gasteiger partial charge on any atom is 0.328 e. The standard InChI is InChI=1S/C17H24N6O2/c1-12-10-15(24)23(17(25)20-12)9-6-21-4-7-22(8-5-21)16-14(3)18-11-13(2)19-16/h10-11H,4-9H2,1-3H3,(H,20,25). The normalized spacial score (nSPS) is 15.6. The predicted molar refractivity (Wildman–Crippen MR) is 96.2 cm³/mol. The highest BCUT2D eigenvalue weighted by atomic mass is 16.2. The summed E-state index contributed by atoms with van der Waals surface area (Å²) in [7, 11) is 0. The first kappa shape index (κ1) is 17.3. The zero-order chi connectivity index (χ0) is 18.0. The van der Waals surface area contributed by atoms with Crippen LogP contribution in [0.1, 0.15) is 17.1 Å². The number of rotatable bonds is 4. The molecule has 0 saturated carbocycles. The van der Waals surface area contributed by atoms with E-state index in [1.54, 1.807) is 13.1 Å². The molecule has 0 radical (unpaired) electrons. The van der Waals surface area contributed by atoms with Gasteiger partial charge in [0.25, 0.3) is 5.56 Å². The predicted octanol–water partition coefficient (Wildman–Crippen LogP) is 0.0741. The Morgan fingerprint density at radius 1 is 1.08 bits per heavy atom. The number of aromatic nitrogens is 4. The topological polar surface area (TPSA) is 87.1 Å². The van der Waals surface area contributed by atoms with Crippen LogP contribution in [0.5, 0.6) is 0 Å². The van der Waals surface area contributed by atoms with Crippen LogP contribution in [0, 0.1) is 20.8 Å². The number of aryl methyl sites for hydroxylation is 3. The molecule has 1 fully saturated rings. The molecule has 0 unspecified atom stereocenters. The smallest absolute Gasteiger partial charge is 0.328 e. The molecule has 0 amide bonds. The van der Waals surface area contributed by atoms with Crippen LogP contribution in [0.25, 0.3) is 0 Å². The molecule has 8 nitrogen and oxygen atoms in total. The molecule has 1 aliphatic heterocycles. The minimum Gasteiger partial charge on any atom is -0.353 e. The van der Waals surface area contributed by atoms with Crippen LogP contribution < -0.4 is 16.1 Å². The monoisotopic (exact) mass is 344 g/mol. The van der Waals surface area contributed by atoms with Crippen molar-refractivity contribution >= 4 is 5.82 Å². The van der Waals surface area contributed by atoms with Crippen molar-refractivity contribution in [3.63, 3.8) is 0 Å². The molecule has 134 valence electrons. The first-order valence-electron chi connectivity index (χ1n) is 8.52. The van der Waals surface area contributed by atoms with E-state index in [2.05, 4.69) is 24.8 Å². The number of piperazine rings is 1. The van der Waals surface area contributed by atoms with Crippen molar-refractivity contribution in [3.8, 4) is 0 Å². The van der Waals surface area contributed by atoms with Crippen molar-refractivity contribution in [3.05, 3.63) is 50.2 Å². The Labute approximate surface area is 146 Å². The third-order valence-corrected chi connectivity index (χ3v) is 4.52. The van der Waals surface area contributed by atoms with Crippen molar-refractivity contribution in [2.24, 2.45) is 0 Å². The lowest BCUT2D eigenvalue weighted by molar-refractivity contribution is 0.245. The van der Waals surface area contributed by atoms with Crippen molar-refractivity contribution in [1.82, 2.24) is 24.4 Å². The van der Waals surface area contributed by atoms with Crippen LogP contribution in [0.15, 0.2) is 21.9 Å². The SMILES string of the molecule is Cc1cnc(C)c(N2CCN(CCn3c(=O)cc(C)[nH]c3=O)CC2)n1. The molecule has 0 aliphatic carbocycles. The molecule has 0 aromatic carbocycles. The average Bonchev–Trinajstić information content (AvgIpc) is 2.57. The highest BCUT2D eigenvalue weighted by Crippen LogP contribution is 2.17. The van der Waals surface area contributed by atoms with Gasteiger partial charge in [-0.25, -0.2) is 9.78 Å². The minimum absolute atomic E-state index is 0.245. The molecular weight excluding hydrogens is 320 g/mol. The van der Waals surface area contributed by atoms with Gasteiger partial charge in [0.15, 0.2) is 0 Å². The Morgan fingerprint density at radius 3 is 2.48 bits per heavy atom. The molecule has 25 heavy (non-hydrogen) atoms. The number of anilines is 1. The first-order valence-corrected chi connectivity index (χ1v) is 8.52. The van der Waals surface area contributed by atoms with Crippen LogP contribution in [0.2, 0.25) is 0 Å². The largest absolute Gasteiger partial charge is 0.353 e. The Morgan fingerprint density at radius 2 is 1.80 bits per heavy atom. The number of nitrogens with zero attached hydrogens (tertiary/aromatic N) is 5. The number of hydrogen-bond donors (Lipinski definition) is 1. The Kier molecular flexibility index (Phi) is 4.98. The zero-order valence-corrected chi connectivity index (χ0v) is 14.9. The van der Waals surface area contributed by atoms with Crippen LogP contribution in [-0.4, -0.2) is 57.1 Å². The number of aromatic amines is 1. The molecule has 3 heterocycles. The van der Waals surface area contributed by atoms with Crippen LogP contribution >= 0.6 is 0 Å². The van der Waals surface area contributed by atoms with Gasteiger partial charge in [-0.1, -0.05) is 0 Å². The Hall–Kier alpha value is -2.48. The highest BCUT2D eigenvalue weighted by molar-refractivity contribution is 5.43. The van der Waals surface area contributed by atoms with Gasteiger partial charge in [0, 0.05) is 57.2 Å². The average molecular weight is 344 g/mol. The van der Waals surface area contributed by atoms with Gasteiger partial charge in [-0.05, 0) is 20.8 Å². The van der Waals surface area contributed by atoms with Gasteiger partial charge < -0.3 is 9.88 Å². The van der Waals surface area contributed by atoms with Gasteiger partial charge in [-0.15, -0.1) is 0 Å². The summed E-state index contributed by atoms with van der Waals surface area (Å²) < 4.78 is 1.26. The molecule has 0 bridgehead atoms. The molecule has 2 aromatic rings. The fraction of sp³-hybridized carbons (Fsp3) is 0.529. The summed E-state index contributed by atoms with van der Waals surface area (Å²) in [5.41, 5.74) is 1.87. The van der Waals surface area contributed by atoms with Crippen molar-refractivity contribution in [1.29, 1.82) is 0 Å². The minimum atomic E-state index is -0.339. The molecule has 1 aliphatic rings. The van der Waals surface area contributed by atoms with E-state index in [9.17, 15) is 9.59 Å². The number of hydrogen-bond acceptors (Lipinski definition) is 6. The van der Waals surface area contributed by atoms with Gasteiger partial charge in [0.05, 0.1) is 11.4 Å². The van der Waals surface area contributed by atoms with Gasteiger partial charge in [-0.3, -0.25) is 19.2 Å². The number of nitrogens with one attached hydrogen (secondary N) is 1. The van der Waals surface area contributed by atoms with E-state index in [0.717, 1.165) is 43.4 Å². The lowest BCUT2D eigenvalue weighted by Crippen LogP contribution is -2.49. The maximum absolute atomic E-state index is 11.9. The van der Waals surface area contributed by atoms with E-state index in [4.69, 9.17) is 0 Å². The van der Waals surface area contributed by atoms with Gasteiger partial charge in [-0.2, -0.15) is 0 Å². The van der Waals surface area contributed by atoms with Crippen LogP contribution in [-0.2, 0) is 6.54 Å². The third kappa shape index (κ3) is 3.96. The second kappa shape index (κ2) is 7.18. The lowest BCUT2D eigenvalue weighted by atomic mass is 10.3. The number of H-pyrrole nitrogens is 1. The highest BCUT2D eigenvalue weighted by Gasteiger charge is 2.20. The van der Waals surface area contributed by atoms with E-state index < -0.39 is 0 Å². The molecule has 2 aromatic heterocycles. The van der Waals surface area contributed by atoms with E-state index in [-0.39, 0.29) is 11.2 Å². The van der Waals surface area contributed by atoms with Crippen LogP contribution in [0.3, 0.4) is 0 Å². The summed E-state index contributed by atoms with van der Waals surface area (Å²) in [5.74, 6) is 0.950. The summed E-state index contributed by atoms with van der Waals surface area (Å²) >= 11 is 0. The maximum atomic E-state index is 11.9. The van der Waals surface area contributed by atoms with Gasteiger partial charge >= 0.3 is 5.69 Å². The molecule has 1 N–H and O–H groups in total. The van der Waals surface area contributed by atoms with Crippen molar-refractivity contribution in [2.75, 3.05) is 37.6 Å². The second-order valence-corrected chi connectivity index (χ2v) is 6.50. The fourth-order valence-electron chi connectivity index (χ4n) is 3.10. The molecule has 1 saturated heterocycles. The summed E-state index contributed by atoms with van der Waals surface area (Å²) in [5, 5.41) is 0. The quantitative estimate of drug-likeness (QED) is 0.845. The fourth-order valence-corrected chi connectivity index (χ4v) is 3.10. The molecule has 3 rings (SSSR count). The summed E-state index contributed by atoms with van der Waals surface area (Å²) in [6.07, 6.45) is 1.78. The zero-order valence-electron chi connectivity index (χ0n) is 14.9. The molecule has 0 spiro atoms. The Bertz CT molecular complexity index is 833. The lowest BCUT2D eigenvalue weighted by Gasteiger charge is -2.35. The molecule has 8 heteroatoms. The molecular formula is C17H24N6O2. The van der Waals surface area contributed by atoms with E-state index in [1.807, 2.05) is 13.8 Å². The van der Waals surface area contributed by atoms with Gasteiger partial charge in [0.2, 0.25) is 0 Å². The third-order valence-electron chi connectivity index (χ3n) is 4.52. The second-order valence-electron chi connectivity index (χ2n) is 6.50. The first-order chi connectivity index (χ1) is 11.9. The summed E-state index contributed by atoms with van der Waals surface area (Å²) in [6, 6.07) is 1.46. The van der Waals surface area contributed by atoms with E-state index in [1.165, 1.54) is 10.6 Å². The molecule has 0 atom stereocenters. The van der Waals surface area contributed by atoms with Crippen molar-refractivity contribution in [2.45, 2.75) is 27.3 Å². The summed E-state index contributed by atoms with van der Waals surface area (Å²) in [4.78, 5) is 40.0. The Balaban J connectivity index is 1.59.